The molecule has 7 heteroatoms. The molecule has 0 aliphatic rings. The van der Waals surface area contributed by atoms with E-state index in [0.29, 0.717) is 23.5 Å². The van der Waals surface area contributed by atoms with E-state index >= 15 is 0 Å². The Hall–Kier alpha value is -4.13. The largest absolute Gasteiger partial charge is 0.455 e. The molecule has 148 valence electrons. The predicted molar refractivity (Wildman–Crippen MR) is 116 cm³/mol. The number of benzene rings is 3. The Bertz CT molecular complexity index is 1410. The van der Waals surface area contributed by atoms with Crippen molar-refractivity contribution in [3.63, 3.8) is 0 Å². The zero-order valence-electron chi connectivity index (χ0n) is 16.3. The summed E-state index contributed by atoms with van der Waals surface area (Å²) in [4.78, 5) is 12.6. The van der Waals surface area contributed by atoms with Crippen molar-refractivity contribution in [1.29, 1.82) is 0 Å². The molecule has 7 nitrogen and oxygen atoms in total. The van der Waals surface area contributed by atoms with E-state index in [0.717, 1.165) is 22.7 Å². The molecular weight excluding hydrogens is 378 g/mol. The Labute approximate surface area is 172 Å². The molecule has 3 aromatic carbocycles. The molecule has 0 spiro atoms. The first kappa shape index (κ1) is 17.9. The van der Waals surface area contributed by atoms with Gasteiger partial charge in [0.2, 0.25) is 5.78 Å². The van der Waals surface area contributed by atoms with Crippen LogP contribution in [0.1, 0.15) is 5.82 Å². The van der Waals surface area contributed by atoms with Gasteiger partial charge in [-0.1, -0.05) is 42.5 Å². The minimum absolute atomic E-state index is 0.0911. The topological polar surface area (TPSA) is 73.5 Å². The highest BCUT2D eigenvalue weighted by Gasteiger charge is 2.14. The highest BCUT2D eigenvalue weighted by molar-refractivity contribution is 5.80. The Morgan fingerprint density at radius 3 is 2.50 bits per heavy atom. The van der Waals surface area contributed by atoms with Crippen molar-refractivity contribution in [2.24, 2.45) is 7.05 Å². The second-order valence-corrected chi connectivity index (χ2v) is 6.90. The van der Waals surface area contributed by atoms with E-state index in [9.17, 15) is 4.79 Å². The Morgan fingerprint density at radius 2 is 1.63 bits per heavy atom. The molecule has 5 aromatic rings. The van der Waals surface area contributed by atoms with E-state index in [4.69, 9.17) is 4.74 Å². The van der Waals surface area contributed by atoms with Crippen molar-refractivity contribution >= 4 is 22.4 Å². The highest BCUT2D eigenvalue weighted by atomic mass is 16.5. The lowest BCUT2D eigenvalue weighted by atomic mass is 10.2. The molecule has 2 aromatic heterocycles. The van der Waals surface area contributed by atoms with Gasteiger partial charge in [0.25, 0.3) is 5.56 Å². The van der Waals surface area contributed by atoms with Crippen LogP contribution in [0.15, 0.2) is 83.7 Å². The molecule has 0 saturated carbocycles. The maximum Gasteiger partial charge on any atom is 0.262 e. The second-order valence-electron chi connectivity index (χ2n) is 6.90. The summed E-state index contributed by atoms with van der Waals surface area (Å²) in [6, 6.07) is 24.9. The quantitative estimate of drug-likeness (QED) is 0.486. The summed E-state index contributed by atoms with van der Waals surface area (Å²) in [6.07, 6.45) is 0. The van der Waals surface area contributed by atoms with Crippen molar-refractivity contribution < 1.29 is 4.74 Å². The third kappa shape index (κ3) is 3.06. The van der Waals surface area contributed by atoms with E-state index in [1.165, 1.54) is 4.57 Å². The van der Waals surface area contributed by atoms with Crippen LogP contribution < -0.4 is 15.6 Å². The van der Waals surface area contributed by atoms with Crippen molar-refractivity contribution in [1.82, 2.24) is 19.2 Å². The van der Waals surface area contributed by atoms with Crippen molar-refractivity contribution in [2.45, 2.75) is 6.54 Å². The summed E-state index contributed by atoms with van der Waals surface area (Å²) < 4.78 is 9.45. The smallest absolute Gasteiger partial charge is 0.262 e. The van der Waals surface area contributed by atoms with Crippen LogP contribution in [0.25, 0.3) is 16.7 Å². The van der Waals surface area contributed by atoms with Crippen LogP contribution >= 0.6 is 0 Å². The molecule has 0 unspecified atom stereocenters. The molecule has 0 radical (unpaired) electrons. The molecule has 0 bridgehead atoms. The van der Waals surface area contributed by atoms with Gasteiger partial charge in [-0.15, -0.1) is 10.2 Å². The fourth-order valence-electron chi connectivity index (χ4n) is 3.50. The molecule has 1 N–H and O–H groups in total. The number of aromatic nitrogens is 4. The monoisotopic (exact) mass is 397 g/mol. The lowest BCUT2D eigenvalue weighted by Gasteiger charge is -2.13. The average molecular weight is 397 g/mol. The zero-order chi connectivity index (χ0) is 20.5. The zero-order valence-corrected chi connectivity index (χ0v) is 16.3. The van der Waals surface area contributed by atoms with Gasteiger partial charge in [0.05, 0.1) is 23.1 Å². The number of hydrogen-bond acceptors (Lipinski definition) is 5. The molecule has 0 saturated heterocycles. The third-order valence-corrected chi connectivity index (χ3v) is 4.99. The van der Waals surface area contributed by atoms with E-state index in [1.54, 1.807) is 7.05 Å². The Balaban J connectivity index is 1.51. The van der Waals surface area contributed by atoms with Gasteiger partial charge in [0.1, 0.15) is 5.75 Å². The van der Waals surface area contributed by atoms with Crippen LogP contribution in [0.4, 0.5) is 5.69 Å². The summed E-state index contributed by atoms with van der Waals surface area (Å²) in [5.41, 5.74) is 1.53. The Kier molecular flexibility index (Phi) is 4.40. The number of para-hydroxylation sites is 4. The van der Waals surface area contributed by atoms with Gasteiger partial charge in [0.15, 0.2) is 11.6 Å². The second kappa shape index (κ2) is 7.36. The molecule has 0 aliphatic carbocycles. The van der Waals surface area contributed by atoms with Crippen LogP contribution in [0.2, 0.25) is 0 Å². The maximum atomic E-state index is 12.6. The molecule has 5 rings (SSSR count). The normalized spacial score (nSPS) is 11.1. The van der Waals surface area contributed by atoms with Crippen LogP contribution in [0.5, 0.6) is 11.5 Å². The standard InChI is InChI=1S/C23H19N5O2/c1-27-22(29)17-11-5-7-13-19(17)28-21(25-26-23(27)28)15-24-18-12-6-8-14-20(18)30-16-9-3-2-4-10-16/h2-14,24H,15H2,1H3. The van der Waals surface area contributed by atoms with Gasteiger partial charge in [0, 0.05) is 7.05 Å². The van der Waals surface area contributed by atoms with E-state index < -0.39 is 0 Å². The minimum Gasteiger partial charge on any atom is -0.455 e. The molecule has 30 heavy (non-hydrogen) atoms. The lowest BCUT2D eigenvalue weighted by molar-refractivity contribution is 0.484. The average Bonchev–Trinajstić information content (AvgIpc) is 3.22. The molecule has 0 aliphatic heterocycles. The summed E-state index contributed by atoms with van der Waals surface area (Å²) in [5, 5.41) is 12.6. The van der Waals surface area contributed by atoms with Gasteiger partial charge < -0.3 is 10.1 Å². The molecule has 0 fully saturated rings. The number of hydrogen-bond donors (Lipinski definition) is 1. The van der Waals surface area contributed by atoms with E-state index in [-0.39, 0.29) is 5.56 Å². The fourth-order valence-corrected chi connectivity index (χ4v) is 3.50. The van der Waals surface area contributed by atoms with Crippen LogP contribution in [-0.4, -0.2) is 19.2 Å². The molecule has 0 atom stereocenters. The summed E-state index contributed by atoms with van der Waals surface area (Å²) >= 11 is 0. The number of ether oxygens (including phenoxy) is 1. The SMILES string of the molecule is Cn1c(=O)c2ccccc2n2c(CNc3ccccc3Oc3ccccc3)nnc12. The van der Waals surface area contributed by atoms with Gasteiger partial charge in [-0.3, -0.25) is 13.8 Å². The maximum absolute atomic E-state index is 12.6. The van der Waals surface area contributed by atoms with E-state index in [1.807, 2.05) is 83.3 Å². The fraction of sp³-hybridized carbons (Fsp3) is 0.0870. The first-order chi connectivity index (χ1) is 14.7. The number of nitrogens with one attached hydrogen (secondary N) is 1. The first-order valence-electron chi connectivity index (χ1n) is 9.60. The van der Waals surface area contributed by atoms with Crippen LogP contribution in [0, 0.1) is 0 Å². The van der Waals surface area contributed by atoms with Gasteiger partial charge in [-0.25, -0.2) is 0 Å². The lowest BCUT2D eigenvalue weighted by Crippen LogP contribution is -2.20. The predicted octanol–water partition coefficient (Wildman–Crippen LogP) is 3.99. The number of rotatable bonds is 5. The molecular formula is C23H19N5O2. The van der Waals surface area contributed by atoms with Crippen LogP contribution in [0.3, 0.4) is 0 Å². The van der Waals surface area contributed by atoms with Crippen LogP contribution in [-0.2, 0) is 13.6 Å². The van der Waals surface area contributed by atoms with Crippen molar-refractivity contribution in [2.75, 3.05) is 5.32 Å². The van der Waals surface area contributed by atoms with E-state index in [2.05, 4.69) is 15.5 Å². The third-order valence-electron chi connectivity index (χ3n) is 4.99. The number of fused-ring (bicyclic) bond motifs is 3. The minimum atomic E-state index is -0.0911. The highest BCUT2D eigenvalue weighted by Crippen LogP contribution is 2.29. The Morgan fingerprint density at radius 1 is 0.900 bits per heavy atom. The van der Waals surface area contributed by atoms with Gasteiger partial charge in [-0.05, 0) is 36.4 Å². The molecule has 0 amide bonds. The first-order valence-corrected chi connectivity index (χ1v) is 9.60. The van der Waals surface area contributed by atoms with Crippen molar-refractivity contribution in [3.05, 3.63) is 95.0 Å². The van der Waals surface area contributed by atoms with Gasteiger partial charge in [-0.2, -0.15) is 0 Å². The number of anilines is 1. The van der Waals surface area contributed by atoms with Crippen molar-refractivity contribution in [3.8, 4) is 11.5 Å². The van der Waals surface area contributed by atoms with Gasteiger partial charge >= 0.3 is 0 Å². The number of nitrogens with zero attached hydrogens (tertiary/aromatic N) is 4. The molecule has 2 heterocycles. The number of aryl methyl sites for hydroxylation is 1. The summed E-state index contributed by atoms with van der Waals surface area (Å²) in [7, 11) is 1.71. The summed E-state index contributed by atoms with van der Waals surface area (Å²) in [5.74, 6) is 2.69. The summed E-state index contributed by atoms with van der Waals surface area (Å²) in [6.45, 7) is 0.415.